The zero-order chi connectivity index (χ0) is 12.6. The van der Waals surface area contributed by atoms with Crippen LogP contribution in [0.4, 0.5) is 0 Å². The van der Waals surface area contributed by atoms with Crippen molar-refractivity contribution in [2.24, 2.45) is 5.92 Å². The van der Waals surface area contributed by atoms with Crippen molar-refractivity contribution < 1.29 is 0 Å². The lowest BCUT2D eigenvalue weighted by molar-refractivity contribution is 0.350. The number of allylic oxidation sites excluding steroid dienone is 1. The second-order valence-corrected chi connectivity index (χ2v) is 6.17. The zero-order valence-corrected chi connectivity index (χ0v) is 12.2. The van der Waals surface area contributed by atoms with Gasteiger partial charge in [0.05, 0.1) is 0 Å². The molecule has 0 spiro atoms. The first-order chi connectivity index (χ1) is 8.92. The molecule has 2 aliphatic rings. The maximum absolute atomic E-state index is 3.81. The Morgan fingerprint density at radius 3 is 2.50 bits per heavy atom. The maximum atomic E-state index is 3.81. The van der Waals surface area contributed by atoms with Gasteiger partial charge in [-0.1, -0.05) is 50.7 Å². The van der Waals surface area contributed by atoms with E-state index < -0.39 is 0 Å². The van der Waals surface area contributed by atoms with Crippen molar-refractivity contribution in [1.82, 2.24) is 5.32 Å². The minimum absolute atomic E-state index is 0.700. The summed E-state index contributed by atoms with van der Waals surface area (Å²) >= 11 is 0. The minimum atomic E-state index is 0.700. The Morgan fingerprint density at radius 2 is 1.78 bits per heavy atom. The van der Waals surface area contributed by atoms with Gasteiger partial charge in [-0.2, -0.15) is 0 Å². The maximum Gasteiger partial charge on any atom is 0.0307 e. The molecule has 1 unspecified atom stereocenters. The molecule has 1 saturated carbocycles. The lowest BCUT2D eigenvalue weighted by Gasteiger charge is -2.29. The topological polar surface area (TPSA) is 12.0 Å². The van der Waals surface area contributed by atoms with Gasteiger partial charge in [-0.25, -0.2) is 0 Å². The van der Waals surface area contributed by atoms with E-state index >= 15 is 0 Å². The molecule has 2 rings (SSSR count). The molecule has 0 saturated heterocycles. The van der Waals surface area contributed by atoms with Crippen molar-refractivity contribution >= 4 is 0 Å². The number of hydrogen-bond donors (Lipinski definition) is 1. The molecule has 104 valence electrons. The number of likely N-dealkylation sites (N-methyl/N-ethyl adjacent to an activating group) is 1. The fourth-order valence-electron chi connectivity index (χ4n) is 3.79. The van der Waals surface area contributed by atoms with E-state index in [0.29, 0.717) is 6.04 Å². The standard InChI is InChI=1S/C17H31N/c1-2-18-17(15-11-7-3-4-8-12-15)16-13-9-5-6-10-14-16/h11,16-18H,2-10,12-14H2,1H3. The van der Waals surface area contributed by atoms with E-state index in [2.05, 4.69) is 18.3 Å². The SMILES string of the molecule is CCNC(C1=CCCCCC1)C1CCCCCC1. The molecule has 0 aromatic heterocycles. The molecule has 1 N–H and O–H groups in total. The molecule has 0 aliphatic heterocycles. The number of rotatable bonds is 4. The first kappa shape index (κ1) is 14.1. The summed E-state index contributed by atoms with van der Waals surface area (Å²) in [6, 6.07) is 0.700. The van der Waals surface area contributed by atoms with E-state index in [9.17, 15) is 0 Å². The van der Waals surface area contributed by atoms with Crippen molar-refractivity contribution in [1.29, 1.82) is 0 Å². The molecule has 0 bridgehead atoms. The van der Waals surface area contributed by atoms with Gasteiger partial charge in [-0.3, -0.25) is 0 Å². The average molecular weight is 249 g/mol. The van der Waals surface area contributed by atoms with E-state index in [1.807, 2.05) is 0 Å². The molecule has 1 heteroatoms. The van der Waals surface area contributed by atoms with Gasteiger partial charge in [0.1, 0.15) is 0 Å². The quantitative estimate of drug-likeness (QED) is 0.556. The molecule has 1 atom stereocenters. The van der Waals surface area contributed by atoms with E-state index in [1.54, 1.807) is 5.57 Å². The van der Waals surface area contributed by atoms with Crippen molar-refractivity contribution in [2.45, 2.75) is 83.6 Å². The van der Waals surface area contributed by atoms with Crippen LogP contribution in [0.15, 0.2) is 11.6 Å². The molecule has 1 nitrogen and oxygen atoms in total. The summed E-state index contributed by atoms with van der Waals surface area (Å²) in [5.41, 5.74) is 1.75. The van der Waals surface area contributed by atoms with Crippen LogP contribution in [0.3, 0.4) is 0 Å². The fourth-order valence-corrected chi connectivity index (χ4v) is 3.79. The lowest BCUT2D eigenvalue weighted by Crippen LogP contribution is -2.37. The van der Waals surface area contributed by atoms with Crippen molar-refractivity contribution in [3.8, 4) is 0 Å². The molecule has 0 aromatic carbocycles. The van der Waals surface area contributed by atoms with Crippen LogP contribution in [-0.2, 0) is 0 Å². The van der Waals surface area contributed by atoms with E-state index in [0.717, 1.165) is 12.5 Å². The van der Waals surface area contributed by atoms with Crippen LogP contribution in [0.1, 0.15) is 77.6 Å². The summed E-state index contributed by atoms with van der Waals surface area (Å²) in [4.78, 5) is 0. The third-order valence-electron chi connectivity index (χ3n) is 4.77. The van der Waals surface area contributed by atoms with Crippen molar-refractivity contribution in [3.63, 3.8) is 0 Å². The van der Waals surface area contributed by atoms with E-state index in [4.69, 9.17) is 0 Å². The third-order valence-corrected chi connectivity index (χ3v) is 4.77. The highest BCUT2D eigenvalue weighted by atomic mass is 14.9. The number of nitrogens with one attached hydrogen (secondary N) is 1. The highest BCUT2D eigenvalue weighted by Crippen LogP contribution is 2.31. The Bertz CT molecular complexity index is 248. The van der Waals surface area contributed by atoms with Crippen molar-refractivity contribution in [2.75, 3.05) is 6.54 Å². The second-order valence-electron chi connectivity index (χ2n) is 6.17. The molecular weight excluding hydrogens is 218 g/mol. The highest BCUT2D eigenvalue weighted by Gasteiger charge is 2.25. The largest absolute Gasteiger partial charge is 0.310 e. The van der Waals surface area contributed by atoms with Crippen LogP contribution in [0.5, 0.6) is 0 Å². The summed E-state index contributed by atoms with van der Waals surface area (Å²) in [6.07, 6.45) is 18.3. The van der Waals surface area contributed by atoms with Crippen LogP contribution in [-0.4, -0.2) is 12.6 Å². The predicted molar refractivity (Wildman–Crippen MR) is 79.8 cm³/mol. The van der Waals surface area contributed by atoms with E-state index in [-0.39, 0.29) is 0 Å². The summed E-state index contributed by atoms with van der Waals surface area (Å²) in [7, 11) is 0. The molecule has 1 fully saturated rings. The normalized spacial score (nSPS) is 25.1. The summed E-state index contributed by atoms with van der Waals surface area (Å²) in [5.74, 6) is 0.914. The first-order valence-corrected chi connectivity index (χ1v) is 8.34. The molecular formula is C17H31N. The molecule has 0 amide bonds. The van der Waals surface area contributed by atoms with Gasteiger partial charge in [0.25, 0.3) is 0 Å². The summed E-state index contributed by atoms with van der Waals surface area (Å²) < 4.78 is 0. The van der Waals surface area contributed by atoms with Gasteiger partial charge >= 0.3 is 0 Å². The fraction of sp³-hybridized carbons (Fsp3) is 0.882. The molecule has 18 heavy (non-hydrogen) atoms. The Morgan fingerprint density at radius 1 is 1.06 bits per heavy atom. The van der Waals surface area contributed by atoms with Gasteiger partial charge in [0.2, 0.25) is 0 Å². The Kier molecular flexibility index (Phi) is 6.26. The van der Waals surface area contributed by atoms with E-state index in [1.165, 1.54) is 70.6 Å². The molecule has 0 heterocycles. The summed E-state index contributed by atoms with van der Waals surface area (Å²) in [6.45, 7) is 3.39. The highest BCUT2D eigenvalue weighted by molar-refractivity contribution is 5.14. The Labute approximate surface area is 113 Å². The van der Waals surface area contributed by atoms with Crippen LogP contribution in [0, 0.1) is 5.92 Å². The smallest absolute Gasteiger partial charge is 0.0307 e. The lowest BCUT2D eigenvalue weighted by atomic mass is 9.85. The predicted octanol–water partition coefficient (Wildman–Crippen LogP) is 4.83. The Hall–Kier alpha value is -0.300. The molecule has 0 radical (unpaired) electrons. The molecule has 0 aromatic rings. The third kappa shape index (κ3) is 4.12. The summed E-state index contributed by atoms with van der Waals surface area (Å²) in [5, 5.41) is 3.81. The van der Waals surface area contributed by atoms with Crippen LogP contribution >= 0.6 is 0 Å². The second kappa shape index (κ2) is 7.99. The van der Waals surface area contributed by atoms with Gasteiger partial charge in [0, 0.05) is 6.04 Å². The van der Waals surface area contributed by atoms with Crippen LogP contribution in [0.25, 0.3) is 0 Å². The van der Waals surface area contributed by atoms with Crippen molar-refractivity contribution in [3.05, 3.63) is 11.6 Å². The zero-order valence-electron chi connectivity index (χ0n) is 12.2. The first-order valence-electron chi connectivity index (χ1n) is 8.34. The van der Waals surface area contributed by atoms with Crippen LogP contribution in [0.2, 0.25) is 0 Å². The van der Waals surface area contributed by atoms with Gasteiger partial charge < -0.3 is 5.32 Å². The molecule has 2 aliphatic carbocycles. The number of hydrogen-bond acceptors (Lipinski definition) is 1. The Balaban J connectivity index is 2.02. The average Bonchev–Trinajstić information content (AvgIpc) is 2.80. The van der Waals surface area contributed by atoms with Gasteiger partial charge in [0.15, 0.2) is 0 Å². The van der Waals surface area contributed by atoms with Gasteiger partial charge in [-0.15, -0.1) is 0 Å². The van der Waals surface area contributed by atoms with Gasteiger partial charge in [-0.05, 0) is 51.0 Å². The monoisotopic (exact) mass is 249 g/mol. The minimum Gasteiger partial charge on any atom is -0.310 e. The van der Waals surface area contributed by atoms with Crippen LogP contribution < -0.4 is 5.32 Å².